The molecule has 2 unspecified atom stereocenters. The molecule has 0 aliphatic rings. The van der Waals surface area contributed by atoms with Crippen molar-refractivity contribution in [3.8, 4) is 17.7 Å². The lowest BCUT2D eigenvalue weighted by Gasteiger charge is -2.33. The molecule has 7 N–H and O–H groups in total. The van der Waals surface area contributed by atoms with Gasteiger partial charge in [-0.05, 0) is 167 Å². The lowest BCUT2D eigenvalue weighted by Crippen LogP contribution is -2.51. The minimum atomic E-state index is -5.92. The molecule has 2 atom stereocenters. The summed E-state index contributed by atoms with van der Waals surface area (Å²) >= 11 is 20.3. The molecule has 95 heavy (non-hydrogen) atoms. The molecule has 32 heteroatoms. The average molecular weight is 1510 g/mol. The number of alkyl halides is 6. The van der Waals surface area contributed by atoms with E-state index in [-0.39, 0.29) is 63.7 Å². The van der Waals surface area contributed by atoms with Crippen molar-refractivity contribution in [3.63, 3.8) is 0 Å². The van der Waals surface area contributed by atoms with Gasteiger partial charge in [0.1, 0.15) is 15.5 Å². The third-order valence-electron chi connectivity index (χ3n) is 13.7. The molecule has 4 aromatic carbocycles. The SMILES string of the molecule is CNC(=O)c1cc(C#N)cc(C)c1NC(O)c1cc(C)nn1-c1ncccc1Cl.CNC(=O)c1cc(Cl)cc(C)c1NC(=O)c1cc(C)nn1-c1ncccc1Cl.Cc1cc(C(F)(C(C)(F)F)C(F)(F)F)ccc1NC(=O)c1cccc(I)c1C(=O)NC(C)(C)CS(C)(=O)=O. The molecule has 0 bridgehead atoms. The molecule has 0 radical (unpaired) electrons. The first-order chi connectivity index (χ1) is 44.2. The van der Waals surface area contributed by atoms with Gasteiger partial charge in [0.25, 0.3) is 41.1 Å². The van der Waals surface area contributed by atoms with Crippen molar-refractivity contribution in [1.29, 1.82) is 5.26 Å². The first-order valence-electron chi connectivity index (χ1n) is 27.9. The van der Waals surface area contributed by atoms with E-state index in [1.165, 1.54) is 74.6 Å². The third kappa shape index (κ3) is 18.0. The zero-order valence-electron chi connectivity index (χ0n) is 52.3. The van der Waals surface area contributed by atoms with Crippen molar-refractivity contribution in [2.75, 3.05) is 42.1 Å². The van der Waals surface area contributed by atoms with Gasteiger partial charge in [-0.25, -0.2) is 40.9 Å². The predicted molar refractivity (Wildman–Crippen MR) is 357 cm³/mol. The second-order valence-corrected chi connectivity index (χ2v) is 26.6. The summed E-state index contributed by atoms with van der Waals surface area (Å²) in [5, 5.41) is 45.7. The van der Waals surface area contributed by atoms with E-state index < -0.39 is 62.7 Å². The molecule has 21 nitrogen and oxygen atoms in total. The summed E-state index contributed by atoms with van der Waals surface area (Å²) in [6.45, 7) is 11.0. The number of amides is 5. The van der Waals surface area contributed by atoms with Crippen molar-refractivity contribution in [3.05, 3.63) is 201 Å². The lowest BCUT2D eigenvalue weighted by molar-refractivity contribution is -0.304. The summed E-state index contributed by atoms with van der Waals surface area (Å²) < 4.78 is 109. The number of hydrogen-bond acceptors (Lipinski definition) is 14. The molecule has 0 spiro atoms. The van der Waals surface area contributed by atoms with Gasteiger partial charge in [0, 0.05) is 65.1 Å². The molecule has 8 aromatic rings. The van der Waals surface area contributed by atoms with E-state index >= 15 is 0 Å². The lowest BCUT2D eigenvalue weighted by atomic mass is 9.88. The van der Waals surface area contributed by atoms with Gasteiger partial charge in [-0.1, -0.05) is 53.0 Å². The number of nitriles is 1. The summed E-state index contributed by atoms with van der Waals surface area (Å²) in [6, 6.07) is 24.6. The molecular weight excluding hydrogens is 1450 g/mol. The summed E-state index contributed by atoms with van der Waals surface area (Å²) in [6.07, 6.45) is -2.99. The molecule has 0 saturated heterocycles. The monoisotopic (exact) mass is 1510 g/mol. The number of anilines is 3. The van der Waals surface area contributed by atoms with Crippen molar-refractivity contribution in [1.82, 2.24) is 45.5 Å². The zero-order chi connectivity index (χ0) is 71.0. The number of aromatic nitrogens is 6. The van der Waals surface area contributed by atoms with Gasteiger partial charge < -0.3 is 37.0 Å². The topological polar surface area (TPSA) is 297 Å². The number of pyridine rings is 2. The molecule has 0 saturated carbocycles. The van der Waals surface area contributed by atoms with Crippen LogP contribution in [0.5, 0.6) is 0 Å². The summed E-state index contributed by atoms with van der Waals surface area (Å²) in [4.78, 5) is 72.1. The number of carbonyl (C=O) groups excluding carboxylic acids is 5. The fraction of sp³-hybridized carbons (Fsp3) is 0.270. The minimum Gasteiger partial charge on any atom is -0.368 e. The van der Waals surface area contributed by atoms with E-state index in [0.29, 0.717) is 87.6 Å². The number of aryl methyl sites for hydroxylation is 5. The largest absolute Gasteiger partial charge is 0.432 e. The Labute approximate surface area is 570 Å². The van der Waals surface area contributed by atoms with E-state index in [2.05, 4.69) is 52.1 Å². The van der Waals surface area contributed by atoms with Crippen LogP contribution in [0.3, 0.4) is 0 Å². The highest BCUT2D eigenvalue weighted by atomic mass is 127. The Morgan fingerprint density at radius 2 is 1.22 bits per heavy atom. The number of halogens is 10. The number of nitrogens with one attached hydrogen (secondary N) is 6. The number of hydrogen-bond donors (Lipinski definition) is 7. The molecule has 0 aliphatic heterocycles. The van der Waals surface area contributed by atoms with Gasteiger partial charge in [-0.3, -0.25) is 24.0 Å². The summed E-state index contributed by atoms with van der Waals surface area (Å²) in [7, 11) is -0.460. The molecule has 4 aromatic heterocycles. The number of nitrogens with zero attached hydrogens (tertiary/aromatic N) is 7. The highest BCUT2D eigenvalue weighted by molar-refractivity contribution is 14.1. The zero-order valence-corrected chi connectivity index (χ0v) is 57.5. The van der Waals surface area contributed by atoms with Crippen LogP contribution in [0.2, 0.25) is 15.1 Å². The van der Waals surface area contributed by atoms with Crippen LogP contribution in [-0.2, 0) is 15.5 Å². The maximum absolute atomic E-state index is 14.8. The molecule has 0 aliphatic carbocycles. The van der Waals surface area contributed by atoms with Gasteiger partial charge >= 0.3 is 6.18 Å². The van der Waals surface area contributed by atoms with Gasteiger partial charge in [0.2, 0.25) is 0 Å². The number of aliphatic hydroxyl groups is 1. The Kier molecular flexibility index (Phi) is 24.1. The first-order valence-corrected chi connectivity index (χ1v) is 32.2. The van der Waals surface area contributed by atoms with Gasteiger partial charge in [-0.2, -0.15) is 28.6 Å². The van der Waals surface area contributed by atoms with E-state index in [9.17, 15) is 69.1 Å². The van der Waals surface area contributed by atoms with Crippen LogP contribution < -0.4 is 31.9 Å². The average Bonchev–Trinajstić information content (AvgIpc) is 1.44. The fourth-order valence-electron chi connectivity index (χ4n) is 9.62. The number of benzene rings is 4. The van der Waals surface area contributed by atoms with Gasteiger partial charge in [0.15, 0.2) is 17.9 Å². The van der Waals surface area contributed by atoms with E-state index in [4.69, 9.17) is 34.8 Å². The van der Waals surface area contributed by atoms with E-state index in [0.717, 1.165) is 12.3 Å². The van der Waals surface area contributed by atoms with Crippen molar-refractivity contribution >= 4 is 114 Å². The second-order valence-electron chi connectivity index (χ2n) is 22.1. The highest BCUT2D eigenvalue weighted by Gasteiger charge is 2.70. The minimum absolute atomic E-state index is 0.0908. The number of carbonyl (C=O) groups is 5. The smallest absolute Gasteiger partial charge is 0.368 e. The highest BCUT2D eigenvalue weighted by Crippen LogP contribution is 2.53. The molecule has 5 amide bonds. The Morgan fingerprint density at radius 1 is 0.663 bits per heavy atom. The van der Waals surface area contributed by atoms with Crippen molar-refractivity contribution in [2.45, 2.75) is 84.9 Å². The van der Waals surface area contributed by atoms with Crippen molar-refractivity contribution in [2.24, 2.45) is 0 Å². The van der Waals surface area contributed by atoms with E-state index in [1.54, 1.807) is 111 Å². The quantitative estimate of drug-likeness (QED) is 0.0253. The molecule has 4 heterocycles. The van der Waals surface area contributed by atoms with Gasteiger partial charge in [-0.15, -0.1) is 0 Å². The Morgan fingerprint density at radius 3 is 1.76 bits per heavy atom. The Bertz CT molecular complexity index is 4430. The first kappa shape index (κ1) is 75.4. The number of sulfone groups is 1. The molecule has 502 valence electrons. The van der Waals surface area contributed by atoms with Crippen LogP contribution in [-0.4, -0.2) is 116 Å². The Balaban J connectivity index is 0.000000229. The van der Waals surface area contributed by atoms with Crippen LogP contribution in [0.15, 0.2) is 109 Å². The predicted octanol–water partition coefficient (Wildman–Crippen LogP) is 12.5. The molecular formula is C63H61Cl3F6IN13O8S. The van der Waals surface area contributed by atoms with Crippen LogP contribution in [0.25, 0.3) is 11.6 Å². The van der Waals surface area contributed by atoms with Crippen LogP contribution in [0, 0.1) is 49.5 Å². The fourth-order valence-corrected chi connectivity index (χ4v) is 12.4. The summed E-state index contributed by atoms with van der Waals surface area (Å²) in [5.74, 6) is -7.29. The standard InChI is InChI=1S/C24H25F6IN2O4S.C20H19ClN6O2.C19H17Cl2N5O2/c1-13-11-14(23(27,22(4,25)26)24(28,29)30)9-10-17(13)32-19(34)15-7-6-8-16(31)18(15)20(35)33-21(2,3)12-38(5,36)37;1-11-7-13(10-22)9-14(19(28)23-3)17(11)25-20(29)16-8-12(2)26-27(16)18-15(21)5-4-6-24-18;1-10-7-12(20)9-13(18(27)22-3)16(10)24-19(28)15-8-11(2)25-26(15)17-14(21)5-4-6-23-17/h6-11H,12H2,1-5H3,(H,32,34)(H,33,35);4-9,20,25,29H,1-3H3,(H,23,28);4-9H,1-3H3,(H,22,27)(H,24,28). The Hall–Kier alpha value is -8.67. The van der Waals surface area contributed by atoms with Crippen molar-refractivity contribution < 1.29 is 63.8 Å². The number of rotatable bonds is 17. The normalized spacial score (nSPS) is 12.5. The van der Waals surface area contributed by atoms with Crippen LogP contribution in [0.4, 0.5) is 43.4 Å². The molecule has 8 rings (SSSR count). The maximum Gasteiger partial charge on any atom is 0.432 e. The summed E-state index contributed by atoms with van der Waals surface area (Å²) in [5.41, 5.74) is -3.15. The molecule has 0 fully saturated rings. The maximum atomic E-state index is 14.8. The van der Waals surface area contributed by atoms with Crippen LogP contribution >= 0.6 is 57.4 Å². The third-order valence-corrected chi connectivity index (χ3v) is 16.7. The number of aliphatic hydroxyl groups excluding tert-OH is 1. The van der Waals surface area contributed by atoms with E-state index in [1.807, 2.05) is 6.07 Å². The van der Waals surface area contributed by atoms with Gasteiger partial charge in [0.05, 0.1) is 78.1 Å². The second kappa shape index (κ2) is 30.4. The van der Waals surface area contributed by atoms with Crippen LogP contribution in [0.1, 0.15) is 124 Å².